The number of esters is 1. The molecule has 146 valence electrons. The van der Waals surface area contributed by atoms with Crippen molar-refractivity contribution in [1.82, 2.24) is 5.32 Å². The summed E-state index contributed by atoms with van der Waals surface area (Å²) in [6.07, 6.45) is 13.3. The lowest BCUT2D eigenvalue weighted by Gasteiger charge is -2.13. The van der Waals surface area contributed by atoms with Crippen molar-refractivity contribution in [2.24, 2.45) is 5.73 Å². The number of hydrogen-bond donors (Lipinski definition) is 4. The van der Waals surface area contributed by atoms with E-state index in [0.29, 0.717) is 0 Å². The Hall–Kier alpha value is -1.50. The van der Waals surface area contributed by atoms with Crippen molar-refractivity contribution in [3.8, 4) is 0 Å². The minimum atomic E-state index is -0.474. The first kappa shape index (κ1) is 25.7. The maximum absolute atomic E-state index is 10.6. The van der Waals surface area contributed by atoms with Gasteiger partial charge in [-0.25, -0.2) is 4.79 Å². The lowest BCUT2D eigenvalue weighted by atomic mass is 10.0. The van der Waals surface area contributed by atoms with Gasteiger partial charge in [0.05, 0.1) is 18.8 Å². The molecule has 6 nitrogen and oxygen atoms in total. The van der Waals surface area contributed by atoms with Gasteiger partial charge in [0.2, 0.25) is 0 Å². The number of nitrogens with one attached hydrogen (secondary N) is 2. The van der Waals surface area contributed by atoms with Crippen molar-refractivity contribution in [3.63, 3.8) is 0 Å². The van der Waals surface area contributed by atoms with Gasteiger partial charge in [-0.05, 0) is 39.1 Å². The summed E-state index contributed by atoms with van der Waals surface area (Å²) in [5, 5.41) is 18.4. The fourth-order valence-corrected chi connectivity index (χ4v) is 1.98. The third-order valence-corrected chi connectivity index (χ3v) is 3.69. The van der Waals surface area contributed by atoms with Crippen molar-refractivity contribution in [3.05, 3.63) is 24.3 Å². The van der Waals surface area contributed by atoms with Crippen LogP contribution < -0.4 is 11.1 Å². The van der Waals surface area contributed by atoms with Crippen LogP contribution >= 0.6 is 0 Å². The number of hydrogen-bond acceptors (Lipinski definition) is 6. The molecule has 5 N–H and O–H groups in total. The van der Waals surface area contributed by atoms with Crippen LogP contribution in [0.5, 0.6) is 0 Å². The number of allylic oxidation sites excluding steroid dienone is 1. The first-order valence-electron chi connectivity index (χ1n) is 8.93. The summed E-state index contributed by atoms with van der Waals surface area (Å²) in [5.74, 6) is -0.474. The van der Waals surface area contributed by atoms with E-state index >= 15 is 0 Å². The molecule has 1 saturated carbocycles. The third kappa shape index (κ3) is 18.7. The molecule has 0 bridgehead atoms. The Kier molecular flexibility index (Phi) is 19.4. The Morgan fingerprint density at radius 2 is 1.80 bits per heavy atom. The van der Waals surface area contributed by atoms with Crippen molar-refractivity contribution in [2.45, 2.75) is 64.0 Å². The first-order chi connectivity index (χ1) is 11.9. The summed E-state index contributed by atoms with van der Waals surface area (Å²) < 4.78 is 4.34. The Balaban J connectivity index is 0. The molecule has 2 unspecified atom stereocenters. The van der Waals surface area contributed by atoms with Gasteiger partial charge in [-0.2, -0.15) is 0 Å². The van der Waals surface area contributed by atoms with Gasteiger partial charge in [0.25, 0.3) is 0 Å². The van der Waals surface area contributed by atoms with E-state index in [2.05, 4.69) is 16.6 Å². The summed E-state index contributed by atoms with van der Waals surface area (Å²) in [7, 11) is 3.15. The number of rotatable bonds is 7. The lowest BCUT2D eigenvalue weighted by Crippen LogP contribution is -2.34. The van der Waals surface area contributed by atoms with Crippen LogP contribution in [-0.4, -0.2) is 50.1 Å². The van der Waals surface area contributed by atoms with Crippen LogP contribution in [0.15, 0.2) is 24.3 Å². The fourth-order valence-electron chi connectivity index (χ4n) is 1.98. The zero-order valence-electron chi connectivity index (χ0n) is 16.1. The van der Waals surface area contributed by atoms with Crippen LogP contribution in [0, 0.1) is 5.41 Å². The number of aliphatic hydroxyl groups is 1. The molecule has 1 aliphatic rings. The number of methoxy groups -OCH3 is 1. The number of aliphatic hydroxyl groups excluding tert-OH is 1. The highest BCUT2D eigenvalue weighted by atomic mass is 16.5. The van der Waals surface area contributed by atoms with Crippen LogP contribution in [-0.2, 0) is 9.53 Å². The molecular weight excluding hydrogens is 318 g/mol. The molecule has 0 amide bonds. The van der Waals surface area contributed by atoms with Crippen LogP contribution in [0.4, 0.5) is 0 Å². The Morgan fingerprint density at radius 3 is 2.12 bits per heavy atom. The van der Waals surface area contributed by atoms with Gasteiger partial charge in [-0.3, -0.25) is 0 Å². The maximum Gasteiger partial charge on any atom is 0.337 e. The smallest absolute Gasteiger partial charge is 0.337 e. The average Bonchev–Trinajstić information content (AvgIpc) is 2.65. The second kappa shape index (κ2) is 18.8. The molecule has 0 radical (unpaired) electrons. The zero-order chi connectivity index (χ0) is 19.5. The van der Waals surface area contributed by atoms with Crippen molar-refractivity contribution >= 4 is 12.2 Å². The summed E-state index contributed by atoms with van der Waals surface area (Å²) in [6.45, 7) is 5.97. The molecule has 0 heterocycles. The number of ether oxygens (including phenoxy) is 1. The van der Waals surface area contributed by atoms with Crippen LogP contribution in [0.3, 0.4) is 0 Å². The van der Waals surface area contributed by atoms with Gasteiger partial charge in [0, 0.05) is 12.3 Å². The molecule has 2 atom stereocenters. The van der Waals surface area contributed by atoms with Gasteiger partial charge < -0.3 is 26.3 Å². The lowest BCUT2D eigenvalue weighted by molar-refractivity contribution is -0.135. The van der Waals surface area contributed by atoms with Gasteiger partial charge in [0.1, 0.15) is 0 Å². The summed E-state index contributed by atoms with van der Waals surface area (Å²) in [4.78, 5) is 10.6. The van der Waals surface area contributed by atoms with Gasteiger partial charge in [-0.1, -0.05) is 45.1 Å². The Morgan fingerprint density at radius 1 is 1.32 bits per heavy atom. The molecule has 1 fully saturated rings. The van der Waals surface area contributed by atoms with Crippen LogP contribution in [0.2, 0.25) is 0 Å². The predicted octanol–water partition coefficient (Wildman–Crippen LogP) is 2.57. The van der Waals surface area contributed by atoms with E-state index in [1.807, 2.05) is 7.05 Å². The quantitative estimate of drug-likeness (QED) is 0.243. The molecule has 1 aliphatic carbocycles. The van der Waals surface area contributed by atoms with Crippen molar-refractivity contribution < 1.29 is 14.6 Å². The Bertz CT molecular complexity index is 367. The van der Waals surface area contributed by atoms with E-state index in [9.17, 15) is 4.79 Å². The molecule has 25 heavy (non-hydrogen) atoms. The van der Waals surface area contributed by atoms with Crippen LogP contribution in [0.25, 0.3) is 0 Å². The highest BCUT2D eigenvalue weighted by molar-refractivity contribution is 5.91. The second-order valence-corrected chi connectivity index (χ2v) is 5.96. The number of carbonyl (C=O) groups excluding carboxylic acids is 1. The zero-order valence-corrected chi connectivity index (χ0v) is 16.1. The van der Waals surface area contributed by atoms with Crippen molar-refractivity contribution in [2.75, 3.05) is 20.7 Å². The first-order valence-corrected chi connectivity index (χ1v) is 8.93. The van der Waals surface area contributed by atoms with E-state index < -0.39 is 12.1 Å². The molecule has 0 saturated heterocycles. The minimum absolute atomic E-state index is 0.0857. The topological polar surface area (TPSA) is 108 Å². The summed E-state index contributed by atoms with van der Waals surface area (Å²) in [6, 6.07) is -0.0857. The van der Waals surface area contributed by atoms with E-state index in [1.54, 1.807) is 6.92 Å². The Labute approximate surface area is 153 Å². The number of carbonyl (C=O) groups is 1. The largest absolute Gasteiger partial charge is 0.465 e. The second-order valence-electron chi connectivity index (χ2n) is 5.96. The van der Waals surface area contributed by atoms with E-state index in [0.717, 1.165) is 19.2 Å². The molecule has 0 aromatic heterocycles. The average molecular weight is 356 g/mol. The van der Waals surface area contributed by atoms with E-state index in [1.165, 1.54) is 57.8 Å². The molecule has 0 spiro atoms. The monoisotopic (exact) mass is 355 g/mol. The standard InChI is InChI=1S/C7H9NO2.C6H16N2O.C6H12/c1-6(4-3-5-8)7(9)10-2;1-5(9)6(7)3-4-8-2;1-2-4-6-5-3-1/h3-5,8H,1H2,2H3;5-6,8-9H,3-4,7H2,1-2H3;1-6H2/b4-3-,8-5?;;. The van der Waals surface area contributed by atoms with Crippen LogP contribution in [0.1, 0.15) is 51.9 Å². The fraction of sp³-hybridized carbons (Fsp3) is 0.684. The molecule has 0 aromatic rings. The number of nitrogens with two attached hydrogens (primary N) is 1. The van der Waals surface area contributed by atoms with Crippen molar-refractivity contribution in [1.29, 1.82) is 5.41 Å². The molecule has 0 aromatic carbocycles. The van der Waals surface area contributed by atoms with Gasteiger partial charge in [0.15, 0.2) is 0 Å². The van der Waals surface area contributed by atoms with Gasteiger partial charge in [-0.15, -0.1) is 0 Å². The summed E-state index contributed by atoms with van der Waals surface area (Å²) >= 11 is 0. The highest BCUT2D eigenvalue weighted by Crippen LogP contribution is 2.15. The molecule has 6 heteroatoms. The van der Waals surface area contributed by atoms with E-state index in [4.69, 9.17) is 16.2 Å². The molecular formula is C19H37N3O3. The summed E-state index contributed by atoms with van der Waals surface area (Å²) in [5.41, 5.74) is 5.75. The van der Waals surface area contributed by atoms with Gasteiger partial charge >= 0.3 is 5.97 Å². The molecule has 1 rings (SSSR count). The third-order valence-electron chi connectivity index (χ3n) is 3.69. The SMILES string of the molecule is C1CCCCC1.C=C(/C=C\C=N)C(=O)OC.CNCCC(N)C(C)O. The highest BCUT2D eigenvalue weighted by Gasteiger charge is 2.06. The maximum atomic E-state index is 10.6. The minimum Gasteiger partial charge on any atom is -0.465 e. The normalized spacial score (nSPS) is 15.7. The molecule has 0 aliphatic heterocycles. The predicted molar refractivity (Wildman–Crippen MR) is 105 cm³/mol. The van der Waals surface area contributed by atoms with E-state index in [-0.39, 0.29) is 11.6 Å².